The van der Waals surface area contributed by atoms with Crippen LogP contribution in [0.4, 0.5) is 0 Å². The Balaban J connectivity index is 1.44. The molecule has 0 radical (unpaired) electrons. The van der Waals surface area contributed by atoms with E-state index in [1.165, 1.54) is 0 Å². The number of amides is 2. The van der Waals surface area contributed by atoms with Gasteiger partial charge in [0.1, 0.15) is 5.75 Å². The van der Waals surface area contributed by atoms with E-state index < -0.39 is 0 Å². The third-order valence-electron chi connectivity index (χ3n) is 4.91. The van der Waals surface area contributed by atoms with Gasteiger partial charge in [0.2, 0.25) is 5.91 Å². The van der Waals surface area contributed by atoms with Crippen molar-refractivity contribution < 1.29 is 14.3 Å². The average molecular weight is 365 g/mol. The van der Waals surface area contributed by atoms with E-state index in [1.807, 2.05) is 30.9 Å². The molecule has 1 aliphatic heterocycles. The Hall–Kier alpha value is -1.75. The van der Waals surface area contributed by atoms with Gasteiger partial charge < -0.3 is 15.0 Å². The van der Waals surface area contributed by atoms with E-state index in [-0.39, 0.29) is 30.4 Å². The van der Waals surface area contributed by atoms with Gasteiger partial charge in [-0.15, -0.1) is 0 Å². The molecule has 1 heterocycles. The first-order valence-electron chi connectivity index (χ1n) is 8.91. The van der Waals surface area contributed by atoms with Crippen LogP contribution in [0.5, 0.6) is 5.75 Å². The fourth-order valence-electron chi connectivity index (χ4n) is 3.16. The molecule has 2 aliphatic rings. The van der Waals surface area contributed by atoms with E-state index in [2.05, 4.69) is 5.32 Å². The molecule has 6 heteroatoms. The summed E-state index contributed by atoms with van der Waals surface area (Å²) in [7, 11) is 0. The molecule has 1 saturated heterocycles. The zero-order chi connectivity index (χ0) is 18.0. The quantitative estimate of drug-likeness (QED) is 0.874. The summed E-state index contributed by atoms with van der Waals surface area (Å²) in [4.78, 5) is 26.0. The molecular formula is C19H25ClN2O3. The minimum atomic E-state index is -0.0165. The third kappa shape index (κ3) is 4.66. The van der Waals surface area contributed by atoms with Crippen LogP contribution in [0.1, 0.15) is 36.8 Å². The van der Waals surface area contributed by atoms with Gasteiger partial charge in [0.15, 0.2) is 6.61 Å². The summed E-state index contributed by atoms with van der Waals surface area (Å²) in [5.74, 6) is 1.07. The predicted octanol–water partition coefficient (Wildman–Crippen LogP) is 2.85. The van der Waals surface area contributed by atoms with Crippen LogP contribution in [0.2, 0.25) is 5.02 Å². The Bertz CT molecular complexity index is 642. The number of hydrogen-bond acceptors (Lipinski definition) is 3. The van der Waals surface area contributed by atoms with E-state index in [4.69, 9.17) is 16.3 Å². The van der Waals surface area contributed by atoms with E-state index in [0.29, 0.717) is 18.8 Å². The second kappa shape index (κ2) is 7.65. The first-order chi connectivity index (χ1) is 11.9. The Morgan fingerprint density at radius 3 is 2.32 bits per heavy atom. The Morgan fingerprint density at radius 1 is 1.16 bits per heavy atom. The number of likely N-dealkylation sites (tertiary alicyclic amines) is 1. The molecule has 25 heavy (non-hydrogen) atoms. The van der Waals surface area contributed by atoms with Gasteiger partial charge >= 0.3 is 0 Å². The van der Waals surface area contributed by atoms with Crippen molar-refractivity contribution >= 4 is 23.4 Å². The summed E-state index contributed by atoms with van der Waals surface area (Å²) in [6.45, 7) is 5.20. The predicted molar refractivity (Wildman–Crippen MR) is 96.9 cm³/mol. The maximum absolute atomic E-state index is 12.3. The van der Waals surface area contributed by atoms with Gasteiger partial charge in [0.05, 0.1) is 0 Å². The Kier molecular flexibility index (Phi) is 5.52. The van der Waals surface area contributed by atoms with E-state index in [1.54, 1.807) is 0 Å². The number of ether oxygens (including phenoxy) is 1. The second-order valence-corrected chi connectivity index (χ2v) is 7.48. The van der Waals surface area contributed by atoms with Crippen LogP contribution in [0.3, 0.4) is 0 Å². The highest BCUT2D eigenvalue weighted by molar-refractivity contribution is 6.32. The number of rotatable bonds is 5. The number of halogens is 1. The molecule has 2 fully saturated rings. The summed E-state index contributed by atoms with van der Waals surface area (Å²) in [6.07, 6.45) is 3.65. The fraction of sp³-hybridized carbons (Fsp3) is 0.579. The summed E-state index contributed by atoms with van der Waals surface area (Å²) in [5, 5.41) is 3.83. The highest BCUT2D eigenvalue weighted by atomic mass is 35.5. The van der Waals surface area contributed by atoms with Crippen LogP contribution in [-0.2, 0) is 9.59 Å². The number of hydrogen-bond donors (Lipinski definition) is 1. The molecule has 1 aromatic carbocycles. The highest BCUT2D eigenvalue weighted by Gasteiger charge is 2.32. The van der Waals surface area contributed by atoms with Gasteiger partial charge in [-0.3, -0.25) is 9.59 Å². The number of carbonyl (C=O) groups is 2. The van der Waals surface area contributed by atoms with Gasteiger partial charge in [-0.25, -0.2) is 0 Å². The van der Waals surface area contributed by atoms with Crippen molar-refractivity contribution in [3.05, 3.63) is 28.3 Å². The third-order valence-corrected chi connectivity index (χ3v) is 5.51. The molecule has 1 N–H and O–H groups in total. The molecule has 5 nitrogen and oxygen atoms in total. The first kappa shape index (κ1) is 18.1. The van der Waals surface area contributed by atoms with Crippen molar-refractivity contribution in [2.75, 3.05) is 19.7 Å². The molecule has 0 spiro atoms. The van der Waals surface area contributed by atoms with Gasteiger partial charge in [-0.2, -0.15) is 0 Å². The topological polar surface area (TPSA) is 58.6 Å². The number of carbonyl (C=O) groups excluding carboxylic acids is 2. The van der Waals surface area contributed by atoms with Crippen molar-refractivity contribution in [2.45, 2.75) is 45.6 Å². The number of nitrogens with zero attached hydrogens (tertiary/aromatic N) is 1. The van der Waals surface area contributed by atoms with Crippen molar-refractivity contribution in [2.24, 2.45) is 5.92 Å². The molecule has 2 amide bonds. The van der Waals surface area contributed by atoms with Crippen molar-refractivity contribution in [1.29, 1.82) is 0 Å². The Labute approximate surface area is 153 Å². The van der Waals surface area contributed by atoms with Crippen LogP contribution in [0.15, 0.2) is 12.1 Å². The lowest BCUT2D eigenvalue weighted by Crippen LogP contribution is -2.48. The lowest BCUT2D eigenvalue weighted by Gasteiger charge is -2.32. The maximum atomic E-state index is 12.3. The first-order valence-corrected chi connectivity index (χ1v) is 9.29. The molecule has 0 aromatic heterocycles. The molecule has 1 saturated carbocycles. The van der Waals surface area contributed by atoms with Gasteiger partial charge in [0.25, 0.3) is 5.91 Å². The molecule has 136 valence electrons. The standard InChI is InChI=1S/C19H25ClN2O3/c1-12-9-16(10-13(2)18(12)20)25-11-17(23)22-7-5-15(6-8-22)21-19(24)14-3-4-14/h9-10,14-15H,3-8,11H2,1-2H3,(H,21,24). The molecule has 3 rings (SSSR count). The maximum Gasteiger partial charge on any atom is 0.260 e. The van der Waals surface area contributed by atoms with Gasteiger partial charge in [0, 0.05) is 30.1 Å². The molecule has 1 aliphatic carbocycles. The summed E-state index contributed by atoms with van der Waals surface area (Å²) in [5.41, 5.74) is 1.88. The molecular weight excluding hydrogens is 340 g/mol. The smallest absolute Gasteiger partial charge is 0.260 e. The van der Waals surface area contributed by atoms with Crippen molar-refractivity contribution in [1.82, 2.24) is 10.2 Å². The van der Waals surface area contributed by atoms with E-state index >= 15 is 0 Å². The molecule has 0 atom stereocenters. The Morgan fingerprint density at radius 2 is 1.76 bits per heavy atom. The molecule has 0 bridgehead atoms. The lowest BCUT2D eigenvalue weighted by molar-refractivity contribution is -0.134. The minimum absolute atomic E-state index is 0.0165. The van der Waals surface area contributed by atoms with Crippen molar-refractivity contribution in [3.63, 3.8) is 0 Å². The zero-order valence-corrected chi connectivity index (χ0v) is 15.6. The average Bonchev–Trinajstić information content (AvgIpc) is 3.43. The summed E-state index contributed by atoms with van der Waals surface area (Å²) in [6, 6.07) is 3.89. The number of aryl methyl sites for hydroxylation is 2. The summed E-state index contributed by atoms with van der Waals surface area (Å²) < 4.78 is 5.65. The molecule has 0 unspecified atom stereocenters. The fourth-order valence-corrected chi connectivity index (χ4v) is 3.27. The van der Waals surface area contributed by atoms with E-state index in [9.17, 15) is 9.59 Å². The van der Waals surface area contributed by atoms with Crippen LogP contribution in [0.25, 0.3) is 0 Å². The highest BCUT2D eigenvalue weighted by Crippen LogP contribution is 2.29. The lowest BCUT2D eigenvalue weighted by atomic mass is 10.0. The number of benzene rings is 1. The largest absolute Gasteiger partial charge is 0.484 e. The summed E-state index contributed by atoms with van der Waals surface area (Å²) >= 11 is 6.15. The van der Waals surface area contributed by atoms with Crippen LogP contribution < -0.4 is 10.1 Å². The molecule has 1 aromatic rings. The van der Waals surface area contributed by atoms with Gasteiger partial charge in [-0.05, 0) is 62.8 Å². The zero-order valence-electron chi connectivity index (χ0n) is 14.8. The van der Waals surface area contributed by atoms with Crippen molar-refractivity contribution in [3.8, 4) is 5.75 Å². The monoisotopic (exact) mass is 364 g/mol. The van der Waals surface area contributed by atoms with Crippen LogP contribution in [0, 0.1) is 19.8 Å². The van der Waals surface area contributed by atoms with Crippen LogP contribution in [-0.4, -0.2) is 42.5 Å². The minimum Gasteiger partial charge on any atom is -0.484 e. The number of piperidine rings is 1. The van der Waals surface area contributed by atoms with Gasteiger partial charge in [-0.1, -0.05) is 11.6 Å². The number of nitrogens with one attached hydrogen (secondary N) is 1. The normalized spacial score (nSPS) is 18.1. The van der Waals surface area contributed by atoms with E-state index in [0.717, 1.165) is 41.8 Å². The van der Waals surface area contributed by atoms with Crippen LogP contribution >= 0.6 is 11.6 Å². The second-order valence-electron chi connectivity index (χ2n) is 7.10. The SMILES string of the molecule is Cc1cc(OCC(=O)N2CCC(NC(=O)C3CC3)CC2)cc(C)c1Cl.